The van der Waals surface area contributed by atoms with Crippen molar-refractivity contribution in [3.8, 4) is 0 Å². The minimum absolute atomic E-state index is 0.0352. The van der Waals surface area contributed by atoms with Crippen LogP contribution in [0.25, 0.3) is 6.08 Å². The van der Waals surface area contributed by atoms with Gasteiger partial charge in [-0.3, -0.25) is 14.9 Å². The van der Waals surface area contributed by atoms with Gasteiger partial charge in [0.25, 0.3) is 5.69 Å². The average molecular weight is 252 g/mol. The van der Waals surface area contributed by atoms with Gasteiger partial charge in [0.2, 0.25) is 0 Å². The molecular weight excluding hydrogens is 242 g/mol. The van der Waals surface area contributed by atoms with E-state index in [0.29, 0.717) is 5.56 Å². The summed E-state index contributed by atoms with van der Waals surface area (Å²) < 4.78 is 0. The number of carbonyl (C=O) groups is 1. The number of alkyl halides is 1. The number of nitrogens with zero attached hydrogens (tertiary/aromatic N) is 1. The lowest BCUT2D eigenvalue weighted by Gasteiger charge is -1.93. The molecule has 0 aliphatic carbocycles. The van der Waals surface area contributed by atoms with Crippen LogP contribution in [0.5, 0.6) is 0 Å². The number of nitro benzene ring substituents is 1. The van der Waals surface area contributed by atoms with Crippen molar-refractivity contribution in [1.29, 1.82) is 0 Å². The van der Waals surface area contributed by atoms with Crippen LogP contribution in [0.15, 0.2) is 42.5 Å². The minimum Gasteiger partial charge on any atom is -0.294 e. The van der Waals surface area contributed by atoms with E-state index in [-0.39, 0.29) is 17.4 Å². The molecule has 1 rings (SSSR count). The monoisotopic (exact) mass is 251 g/mol. The fourth-order valence-corrected chi connectivity index (χ4v) is 1.21. The standard InChI is InChI=1S/C12H10ClNO3/c13-9-12(15)7-2-1-4-10-5-3-6-11(8-10)14(16)17/h1-8H,9H2/b4-1+,7-2+. The number of halogens is 1. The average Bonchev–Trinajstić information content (AvgIpc) is 2.34. The van der Waals surface area contributed by atoms with E-state index in [2.05, 4.69) is 0 Å². The molecule has 1 aromatic rings. The summed E-state index contributed by atoms with van der Waals surface area (Å²) in [6, 6.07) is 6.21. The fourth-order valence-electron chi connectivity index (χ4n) is 1.12. The lowest BCUT2D eigenvalue weighted by atomic mass is 10.2. The van der Waals surface area contributed by atoms with Crippen LogP contribution in [-0.2, 0) is 4.79 Å². The maximum absolute atomic E-state index is 10.8. The molecule has 1 aromatic carbocycles. The van der Waals surface area contributed by atoms with Gasteiger partial charge < -0.3 is 0 Å². The van der Waals surface area contributed by atoms with Crippen LogP contribution in [0.3, 0.4) is 0 Å². The molecule has 17 heavy (non-hydrogen) atoms. The summed E-state index contributed by atoms with van der Waals surface area (Å²) in [5, 5.41) is 10.5. The highest BCUT2D eigenvalue weighted by molar-refractivity contribution is 6.29. The molecule has 0 bridgehead atoms. The largest absolute Gasteiger partial charge is 0.294 e. The Hall–Kier alpha value is -1.94. The predicted octanol–water partition coefficient (Wildman–Crippen LogP) is 2.97. The summed E-state index contributed by atoms with van der Waals surface area (Å²) in [6.07, 6.45) is 6.19. The zero-order valence-corrected chi connectivity index (χ0v) is 9.63. The van der Waals surface area contributed by atoms with E-state index in [4.69, 9.17) is 11.6 Å². The van der Waals surface area contributed by atoms with Crippen molar-refractivity contribution < 1.29 is 9.72 Å². The number of ketones is 1. The lowest BCUT2D eigenvalue weighted by Crippen LogP contribution is -1.91. The third kappa shape index (κ3) is 4.61. The van der Waals surface area contributed by atoms with Crippen molar-refractivity contribution >= 4 is 29.1 Å². The van der Waals surface area contributed by atoms with Crippen LogP contribution in [0.4, 0.5) is 5.69 Å². The molecule has 0 fully saturated rings. The molecule has 0 aliphatic heterocycles. The highest BCUT2D eigenvalue weighted by Crippen LogP contribution is 2.13. The molecule has 0 atom stereocenters. The Bertz CT molecular complexity index is 480. The van der Waals surface area contributed by atoms with Gasteiger partial charge in [0.1, 0.15) is 0 Å². The number of benzene rings is 1. The van der Waals surface area contributed by atoms with E-state index in [0.717, 1.165) is 0 Å². The Morgan fingerprint density at radius 2 is 2.18 bits per heavy atom. The van der Waals surface area contributed by atoms with E-state index in [9.17, 15) is 14.9 Å². The normalized spacial score (nSPS) is 11.1. The molecule has 0 unspecified atom stereocenters. The first-order valence-corrected chi connectivity index (χ1v) is 5.35. The molecule has 4 nitrogen and oxygen atoms in total. The summed E-state index contributed by atoms with van der Waals surface area (Å²) in [4.78, 5) is 20.9. The maximum Gasteiger partial charge on any atom is 0.270 e. The van der Waals surface area contributed by atoms with Crippen LogP contribution >= 0.6 is 11.6 Å². The van der Waals surface area contributed by atoms with Crippen molar-refractivity contribution in [2.75, 3.05) is 5.88 Å². The molecule has 0 saturated carbocycles. The molecule has 0 radical (unpaired) electrons. The quantitative estimate of drug-likeness (QED) is 0.266. The number of non-ortho nitro benzene ring substituents is 1. The number of hydrogen-bond acceptors (Lipinski definition) is 3. The number of allylic oxidation sites excluding steroid dienone is 3. The van der Waals surface area contributed by atoms with Crippen molar-refractivity contribution in [3.05, 3.63) is 58.2 Å². The van der Waals surface area contributed by atoms with Gasteiger partial charge in [-0.15, -0.1) is 11.6 Å². The SMILES string of the molecule is O=C(/C=C/C=C/c1cccc([N+](=O)[O-])c1)CCl. The Balaban J connectivity index is 2.72. The van der Waals surface area contributed by atoms with Gasteiger partial charge in [0.15, 0.2) is 5.78 Å². The van der Waals surface area contributed by atoms with E-state index >= 15 is 0 Å². The van der Waals surface area contributed by atoms with E-state index in [1.165, 1.54) is 18.2 Å². The van der Waals surface area contributed by atoms with E-state index in [1.54, 1.807) is 30.4 Å². The zero-order chi connectivity index (χ0) is 12.7. The first-order valence-electron chi connectivity index (χ1n) is 4.81. The van der Waals surface area contributed by atoms with Gasteiger partial charge in [0, 0.05) is 12.1 Å². The Morgan fingerprint density at radius 3 is 2.82 bits per heavy atom. The van der Waals surface area contributed by atoms with Gasteiger partial charge in [-0.05, 0) is 11.6 Å². The molecule has 5 heteroatoms. The molecule has 88 valence electrons. The van der Waals surface area contributed by atoms with Gasteiger partial charge in [0.05, 0.1) is 10.8 Å². The summed E-state index contributed by atoms with van der Waals surface area (Å²) in [6.45, 7) is 0. The zero-order valence-electron chi connectivity index (χ0n) is 8.88. The lowest BCUT2D eigenvalue weighted by molar-refractivity contribution is -0.384. The van der Waals surface area contributed by atoms with Crippen molar-refractivity contribution in [2.45, 2.75) is 0 Å². The molecule has 0 heterocycles. The molecule has 0 saturated heterocycles. The van der Waals surface area contributed by atoms with Gasteiger partial charge >= 0.3 is 0 Å². The second-order valence-corrected chi connectivity index (χ2v) is 3.44. The van der Waals surface area contributed by atoms with Crippen molar-refractivity contribution in [1.82, 2.24) is 0 Å². The molecule has 0 aromatic heterocycles. The first kappa shape index (κ1) is 13.1. The summed E-state index contributed by atoms with van der Waals surface area (Å²) in [5.74, 6) is -0.239. The van der Waals surface area contributed by atoms with Crippen LogP contribution in [0.1, 0.15) is 5.56 Å². The molecule has 0 aliphatic rings. The van der Waals surface area contributed by atoms with Crippen molar-refractivity contribution in [2.24, 2.45) is 0 Å². The Morgan fingerprint density at radius 1 is 1.41 bits per heavy atom. The fraction of sp³-hybridized carbons (Fsp3) is 0.0833. The minimum atomic E-state index is -0.454. The van der Waals surface area contributed by atoms with Crippen LogP contribution < -0.4 is 0 Å². The number of rotatable bonds is 5. The van der Waals surface area contributed by atoms with Crippen LogP contribution in [-0.4, -0.2) is 16.6 Å². The molecular formula is C12H10ClNO3. The summed E-state index contributed by atoms with van der Waals surface area (Å²) >= 11 is 5.30. The highest BCUT2D eigenvalue weighted by atomic mass is 35.5. The number of hydrogen-bond donors (Lipinski definition) is 0. The maximum atomic E-state index is 10.8. The summed E-state index contributed by atoms with van der Waals surface area (Å²) in [5.41, 5.74) is 0.732. The molecule has 0 spiro atoms. The highest BCUT2D eigenvalue weighted by Gasteiger charge is 2.02. The number of carbonyl (C=O) groups excluding carboxylic acids is 1. The molecule has 0 amide bonds. The van der Waals surface area contributed by atoms with E-state index < -0.39 is 4.92 Å². The van der Waals surface area contributed by atoms with Crippen LogP contribution in [0.2, 0.25) is 0 Å². The second kappa shape index (κ2) is 6.60. The third-order valence-electron chi connectivity index (χ3n) is 1.89. The van der Waals surface area contributed by atoms with Crippen LogP contribution in [0, 0.1) is 10.1 Å². The van der Waals surface area contributed by atoms with Gasteiger partial charge in [-0.2, -0.15) is 0 Å². The van der Waals surface area contributed by atoms with Gasteiger partial charge in [-0.25, -0.2) is 0 Å². The first-order chi connectivity index (χ1) is 8.13. The Labute approximate surface area is 103 Å². The van der Waals surface area contributed by atoms with Gasteiger partial charge in [-0.1, -0.05) is 30.4 Å². The Kier molecular flexibility index (Phi) is 5.10. The smallest absolute Gasteiger partial charge is 0.270 e. The topological polar surface area (TPSA) is 60.2 Å². The predicted molar refractivity (Wildman–Crippen MR) is 67.0 cm³/mol. The third-order valence-corrected chi connectivity index (χ3v) is 2.16. The summed E-state index contributed by atoms with van der Waals surface area (Å²) in [7, 11) is 0. The van der Waals surface area contributed by atoms with Crippen molar-refractivity contribution in [3.63, 3.8) is 0 Å². The second-order valence-electron chi connectivity index (χ2n) is 3.17. The molecule has 0 N–H and O–H groups in total. The van der Waals surface area contributed by atoms with E-state index in [1.807, 2.05) is 0 Å². The number of nitro groups is 1.